The van der Waals surface area contributed by atoms with Gasteiger partial charge in [-0.1, -0.05) is 79.8 Å². The summed E-state index contributed by atoms with van der Waals surface area (Å²) in [6.45, 7) is 2.15. The van der Waals surface area contributed by atoms with E-state index in [0.29, 0.717) is 6.42 Å². The molecule has 0 aliphatic carbocycles. The largest absolute Gasteiger partial charge is 0.481 e. The molecule has 0 unspecified atom stereocenters. The Bertz CT molecular complexity index is 462. The Morgan fingerprint density at radius 3 is 1.29 bits per heavy atom. The smallest absolute Gasteiger partial charge is 0.303 e. The minimum atomic E-state index is -0.741. The Morgan fingerprint density at radius 2 is 0.958 bits per heavy atom. The third kappa shape index (κ3) is 19.9. The van der Waals surface area contributed by atoms with Crippen molar-refractivity contribution in [3.63, 3.8) is 0 Å². The van der Waals surface area contributed by atoms with Crippen LogP contribution in [0.15, 0.2) is 72.9 Å². The van der Waals surface area contributed by atoms with E-state index in [1.165, 1.54) is 0 Å². The number of aliphatic carboxylic acids is 1. The molecule has 0 amide bonds. The number of hydrogen-bond donors (Lipinski definition) is 1. The van der Waals surface area contributed by atoms with Crippen molar-refractivity contribution in [2.75, 3.05) is 0 Å². The van der Waals surface area contributed by atoms with Gasteiger partial charge >= 0.3 is 5.97 Å². The fourth-order valence-electron chi connectivity index (χ4n) is 1.85. The highest BCUT2D eigenvalue weighted by molar-refractivity contribution is 5.66. The van der Waals surface area contributed by atoms with Crippen LogP contribution >= 0.6 is 0 Å². The molecule has 24 heavy (non-hydrogen) atoms. The van der Waals surface area contributed by atoms with Crippen molar-refractivity contribution >= 4 is 5.97 Å². The molecule has 0 spiro atoms. The number of carboxylic acid groups (broad SMARTS) is 1. The predicted molar refractivity (Wildman–Crippen MR) is 105 cm³/mol. The summed E-state index contributed by atoms with van der Waals surface area (Å²) in [5, 5.41) is 8.49. The maximum atomic E-state index is 10.3. The molecule has 0 saturated heterocycles. The summed E-state index contributed by atoms with van der Waals surface area (Å²) in [6.07, 6.45) is 32.5. The second kappa shape index (κ2) is 19.0. The Labute approximate surface area is 147 Å². The van der Waals surface area contributed by atoms with E-state index >= 15 is 0 Å². The Hall–Kier alpha value is -2.09. The van der Waals surface area contributed by atoms with Crippen LogP contribution in [0.5, 0.6) is 0 Å². The van der Waals surface area contributed by atoms with Crippen molar-refractivity contribution in [3.8, 4) is 0 Å². The molecule has 0 aromatic rings. The van der Waals surface area contributed by atoms with Crippen molar-refractivity contribution in [2.24, 2.45) is 0 Å². The molecule has 0 saturated carbocycles. The van der Waals surface area contributed by atoms with Gasteiger partial charge in [-0.25, -0.2) is 0 Å². The third-order valence-corrected chi connectivity index (χ3v) is 3.12. The van der Waals surface area contributed by atoms with E-state index in [9.17, 15) is 4.79 Å². The minimum absolute atomic E-state index is 0.210. The Kier molecular flexibility index (Phi) is 17.3. The molecule has 0 atom stereocenters. The number of carbonyl (C=O) groups is 1. The summed E-state index contributed by atoms with van der Waals surface area (Å²) in [4.78, 5) is 10.3. The number of rotatable bonds is 14. The molecule has 0 fully saturated rings. The molecular weight excluding hydrogens is 296 g/mol. The highest BCUT2D eigenvalue weighted by atomic mass is 16.4. The van der Waals surface area contributed by atoms with E-state index in [0.717, 1.165) is 38.5 Å². The molecule has 1 N–H and O–H groups in total. The van der Waals surface area contributed by atoms with Gasteiger partial charge in [-0.05, 0) is 44.9 Å². The zero-order chi connectivity index (χ0) is 17.7. The van der Waals surface area contributed by atoms with Crippen molar-refractivity contribution in [3.05, 3.63) is 72.9 Å². The standard InChI is InChI=1S/C22H32O2/c1-2-3-4-5-6-7-8-9-10-11-12-13-14-15-16-17-18-19-20-21-22(23)24/h3-4,6-7,9-10,12-13,15-16,18-19H,2,5,8,11,14,17,20-21H2,1H3,(H,23,24)/b4-3+,7-6-,10-9+,13-12+,16-15-,19-18-. The van der Waals surface area contributed by atoms with Crippen LogP contribution in [0.4, 0.5) is 0 Å². The van der Waals surface area contributed by atoms with Gasteiger partial charge in [-0.3, -0.25) is 4.79 Å². The molecule has 0 aromatic carbocycles. The van der Waals surface area contributed by atoms with Gasteiger partial charge in [0.15, 0.2) is 0 Å². The molecule has 0 radical (unpaired) electrons. The van der Waals surface area contributed by atoms with Crippen molar-refractivity contribution < 1.29 is 9.90 Å². The molecule has 0 aliphatic rings. The number of hydrogen-bond acceptors (Lipinski definition) is 1. The third-order valence-electron chi connectivity index (χ3n) is 3.12. The van der Waals surface area contributed by atoms with Gasteiger partial charge in [-0.15, -0.1) is 0 Å². The minimum Gasteiger partial charge on any atom is -0.481 e. The van der Waals surface area contributed by atoms with Gasteiger partial charge in [0, 0.05) is 6.42 Å². The lowest BCUT2D eigenvalue weighted by atomic mass is 10.2. The molecule has 2 heteroatoms. The van der Waals surface area contributed by atoms with Crippen LogP contribution in [0.3, 0.4) is 0 Å². The second-order valence-electron chi connectivity index (χ2n) is 5.35. The van der Waals surface area contributed by atoms with Gasteiger partial charge in [-0.2, -0.15) is 0 Å². The summed E-state index contributed by atoms with van der Waals surface area (Å²) >= 11 is 0. The molecule has 0 rings (SSSR count). The van der Waals surface area contributed by atoms with Gasteiger partial charge in [0.1, 0.15) is 0 Å². The van der Waals surface area contributed by atoms with Crippen LogP contribution in [0.25, 0.3) is 0 Å². The van der Waals surface area contributed by atoms with Crippen LogP contribution in [-0.2, 0) is 4.79 Å². The summed E-state index contributed by atoms with van der Waals surface area (Å²) in [7, 11) is 0. The molecule has 0 aromatic heterocycles. The first-order chi connectivity index (χ1) is 11.8. The van der Waals surface area contributed by atoms with Gasteiger partial charge in [0.05, 0.1) is 0 Å². The fraction of sp³-hybridized carbons (Fsp3) is 0.409. The summed E-state index contributed by atoms with van der Waals surface area (Å²) in [5.41, 5.74) is 0. The van der Waals surface area contributed by atoms with Crippen LogP contribution in [0.2, 0.25) is 0 Å². The first kappa shape index (κ1) is 21.9. The molecule has 0 heterocycles. The van der Waals surface area contributed by atoms with E-state index in [1.54, 1.807) is 0 Å². The highest BCUT2D eigenvalue weighted by Crippen LogP contribution is 1.97. The Balaban J connectivity index is 3.51. The molecule has 0 aliphatic heterocycles. The van der Waals surface area contributed by atoms with Gasteiger partial charge < -0.3 is 5.11 Å². The van der Waals surface area contributed by atoms with E-state index in [2.05, 4.69) is 67.7 Å². The highest BCUT2D eigenvalue weighted by Gasteiger charge is 1.90. The molecule has 0 bridgehead atoms. The van der Waals surface area contributed by atoms with Gasteiger partial charge in [0.2, 0.25) is 0 Å². The lowest BCUT2D eigenvalue weighted by molar-refractivity contribution is -0.136. The lowest BCUT2D eigenvalue weighted by Gasteiger charge is -1.87. The normalized spacial score (nSPS) is 13.0. The van der Waals surface area contributed by atoms with Crippen LogP contribution in [0, 0.1) is 0 Å². The van der Waals surface area contributed by atoms with Crippen molar-refractivity contribution in [1.82, 2.24) is 0 Å². The lowest BCUT2D eigenvalue weighted by Crippen LogP contribution is -1.91. The quantitative estimate of drug-likeness (QED) is 0.367. The van der Waals surface area contributed by atoms with Crippen molar-refractivity contribution in [2.45, 2.75) is 58.3 Å². The molecular formula is C22H32O2. The van der Waals surface area contributed by atoms with Crippen LogP contribution < -0.4 is 0 Å². The number of allylic oxidation sites excluding steroid dienone is 12. The molecule has 132 valence electrons. The van der Waals surface area contributed by atoms with E-state index in [1.807, 2.05) is 12.2 Å². The van der Waals surface area contributed by atoms with Crippen LogP contribution in [0.1, 0.15) is 58.3 Å². The van der Waals surface area contributed by atoms with E-state index in [4.69, 9.17) is 5.11 Å². The Morgan fingerprint density at radius 1 is 0.625 bits per heavy atom. The number of carboxylic acids is 1. The fourth-order valence-corrected chi connectivity index (χ4v) is 1.85. The van der Waals surface area contributed by atoms with E-state index < -0.39 is 5.97 Å². The first-order valence-electron chi connectivity index (χ1n) is 8.89. The second-order valence-corrected chi connectivity index (χ2v) is 5.35. The average molecular weight is 328 g/mol. The van der Waals surface area contributed by atoms with E-state index in [-0.39, 0.29) is 6.42 Å². The zero-order valence-corrected chi connectivity index (χ0v) is 14.9. The maximum absolute atomic E-state index is 10.3. The summed E-state index contributed by atoms with van der Waals surface area (Å²) in [6, 6.07) is 0. The maximum Gasteiger partial charge on any atom is 0.303 e. The van der Waals surface area contributed by atoms with Gasteiger partial charge in [0.25, 0.3) is 0 Å². The summed E-state index contributed by atoms with van der Waals surface area (Å²) < 4.78 is 0. The summed E-state index contributed by atoms with van der Waals surface area (Å²) in [5.74, 6) is -0.741. The SMILES string of the molecule is CC/C=C/C/C=C\C/C=C/C/C=C/C/C=C\C/C=C\CCC(=O)O. The topological polar surface area (TPSA) is 37.3 Å². The zero-order valence-electron chi connectivity index (χ0n) is 14.9. The monoisotopic (exact) mass is 328 g/mol. The predicted octanol–water partition coefficient (Wildman–Crippen LogP) is 6.55. The molecule has 2 nitrogen and oxygen atoms in total. The van der Waals surface area contributed by atoms with Crippen LogP contribution in [-0.4, -0.2) is 11.1 Å². The average Bonchev–Trinajstić information content (AvgIpc) is 2.56. The first-order valence-corrected chi connectivity index (χ1v) is 8.89. The van der Waals surface area contributed by atoms with Crippen molar-refractivity contribution in [1.29, 1.82) is 0 Å².